The molecule has 62 heavy (non-hydrogen) atoms. The zero-order chi connectivity index (χ0) is 46.0. The van der Waals surface area contributed by atoms with Gasteiger partial charge in [0.15, 0.2) is 11.9 Å². The van der Waals surface area contributed by atoms with Crippen molar-refractivity contribution in [2.75, 3.05) is 52.4 Å². The van der Waals surface area contributed by atoms with E-state index in [0.29, 0.717) is 43.9 Å². The van der Waals surface area contributed by atoms with Crippen molar-refractivity contribution in [2.24, 2.45) is 17.2 Å². The van der Waals surface area contributed by atoms with Crippen molar-refractivity contribution in [2.45, 2.75) is 74.0 Å². The molecule has 4 amide bonds. The van der Waals surface area contributed by atoms with E-state index >= 15 is 0 Å². The van der Waals surface area contributed by atoms with Crippen LogP contribution in [0, 0.1) is 10.8 Å². The van der Waals surface area contributed by atoms with E-state index in [9.17, 15) is 45.5 Å². The molecule has 0 aliphatic rings. The first-order valence-electron chi connectivity index (χ1n) is 18.9. The standard InChI is InChI=1S/C37H47F6N13O4S2/c1-2-3-4-7-28(57)53-22-14-20(36(38,39)40)16-24(30(22)61-12-10-49-34(45)46)55-32(59)26-18-27(52-19-51-26)33(60)56-25-17-21(37(41,42)43)15-23(54-29(58)8-5-6-9-44)31(25)62-13-11-50-35(47)48/h14-19H,2-13,44H2,1H3,(H,53,57)(H,54,58)(H,55,59)(H,56,60)(H4,45,46,49)(H4,47,48,50). The molecule has 0 atom stereocenters. The first-order chi connectivity index (χ1) is 29.2. The lowest BCUT2D eigenvalue weighted by atomic mass is 10.1. The Morgan fingerprint density at radius 1 is 0.629 bits per heavy atom. The van der Waals surface area contributed by atoms with Gasteiger partial charge in [-0.15, -0.1) is 23.5 Å². The maximum atomic E-state index is 14.2. The Morgan fingerprint density at radius 2 is 1.02 bits per heavy atom. The van der Waals surface area contributed by atoms with E-state index in [1.807, 2.05) is 6.92 Å². The van der Waals surface area contributed by atoms with Crippen LogP contribution in [-0.4, -0.2) is 76.7 Å². The second kappa shape index (κ2) is 24.0. The van der Waals surface area contributed by atoms with Crippen molar-refractivity contribution in [3.8, 4) is 0 Å². The zero-order valence-electron chi connectivity index (χ0n) is 33.3. The van der Waals surface area contributed by atoms with Crippen molar-refractivity contribution in [1.29, 1.82) is 10.8 Å². The number of hydrogen-bond donors (Lipinski definition) is 11. The van der Waals surface area contributed by atoms with Crippen molar-refractivity contribution in [1.82, 2.24) is 20.6 Å². The number of unbranched alkanes of at least 4 members (excludes halogenated alkanes) is 3. The topological polar surface area (TPSA) is 292 Å². The molecule has 0 fully saturated rings. The number of nitrogens with zero attached hydrogens (tertiary/aromatic N) is 2. The molecule has 1 heterocycles. The maximum Gasteiger partial charge on any atom is 0.416 e. The SMILES string of the molecule is CCCCCC(=O)Nc1cc(C(F)(F)F)cc(NC(=O)c2cc(C(=O)Nc3cc(C(F)(F)F)cc(NC(=O)CCCCN)c3SCCNC(=N)N)ncn2)c1SCCNC(=N)N. The number of benzene rings is 2. The van der Waals surface area contributed by atoms with Gasteiger partial charge < -0.3 is 49.1 Å². The highest BCUT2D eigenvalue weighted by Crippen LogP contribution is 2.43. The Kier molecular flexibility index (Phi) is 19.5. The molecule has 0 bridgehead atoms. The number of carbonyl (C=O) groups is 4. The van der Waals surface area contributed by atoms with Gasteiger partial charge in [0.1, 0.15) is 17.7 Å². The lowest BCUT2D eigenvalue weighted by Gasteiger charge is -2.20. The molecule has 0 spiro atoms. The first-order valence-corrected chi connectivity index (χ1v) is 20.9. The molecule has 2 aromatic carbocycles. The summed E-state index contributed by atoms with van der Waals surface area (Å²) in [7, 11) is 0. The highest BCUT2D eigenvalue weighted by atomic mass is 32.2. The molecule has 0 saturated heterocycles. The van der Waals surface area contributed by atoms with Crippen molar-refractivity contribution in [3.05, 3.63) is 59.2 Å². The summed E-state index contributed by atoms with van der Waals surface area (Å²) in [6.07, 6.45) is -6.37. The lowest BCUT2D eigenvalue weighted by Crippen LogP contribution is -2.31. The van der Waals surface area contributed by atoms with E-state index < -0.39 is 69.9 Å². The molecule has 14 N–H and O–H groups in total. The molecule has 3 aromatic rings. The average molecular weight is 916 g/mol. The number of rotatable bonds is 22. The van der Waals surface area contributed by atoms with E-state index in [0.717, 1.165) is 48.4 Å². The minimum absolute atomic E-state index is 0.00256. The van der Waals surface area contributed by atoms with Crippen molar-refractivity contribution in [3.63, 3.8) is 0 Å². The van der Waals surface area contributed by atoms with E-state index in [1.165, 1.54) is 0 Å². The molecule has 25 heteroatoms. The molecule has 0 radical (unpaired) electrons. The predicted molar refractivity (Wildman–Crippen MR) is 226 cm³/mol. The van der Waals surface area contributed by atoms with Gasteiger partial charge in [-0.05, 0) is 50.1 Å². The number of nitrogens with two attached hydrogens (primary N) is 3. The molecule has 338 valence electrons. The van der Waals surface area contributed by atoms with Gasteiger partial charge in [-0.2, -0.15) is 26.3 Å². The lowest BCUT2D eigenvalue weighted by molar-refractivity contribution is -0.138. The van der Waals surface area contributed by atoms with E-state index in [2.05, 4.69) is 41.9 Å². The predicted octanol–water partition coefficient (Wildman–Crippen LogP) is 5.76. The largest absolute Gasteiger partial charge is 0.416 e. The van der Waals surface area contributed by atoms with Gasteiger partial charge in [0.2, 0.25) is 11.8 Å². The van der Waals surface area contributed by atoms with Crippen LogP contribution in [-0.2, 0) is 21.9 Å². The van der Waals surface area contributed by atoms with Crippen molar-refractivity contribution < 1.29 is 45.5 Å². The third-order valence-electron chi connectivity index (χ3n) is 8.20. The van der Waals surface area contributed by atoms with Crippen LogP contribution in [0.4, 0.5) is 49.1 Å². The van der Waals surface area contributed by atoms with Crippen LogP contribution >= 0.6 is 23.5 Å². The summed E-state index contributed by atoms with van der Waals surface area (Å²) in [4.78, 5) is 60.6. The number of aromatic nitrogens is 2. The van der Waals surface area contributed by atoms with Crippen LogP contribution in [0.2, 0.25) is 0 Å². The van der Waals surface area contributed by atoms with Crippen LogP contribution in [0.15, 0.2) is 46.5 Å². The highest BCUT2D eigenvalue weighted by molar-refractivity contribution is 7.99. The minimum atomic E-state index is -4.94. The Bertz CT molecular complexity index is 1950. The van der Waals surface area contributed by atoms with Gasteiger partial charge in [-0.3, -0.25) is 30.0 Å². The summed E-state index contributed by atoms with van der Waals surface area (Å²) in [5.41, 5.74) is 11.3. The first kappa shape index (κ1) is 50.5. The Labute approximate surface area is 360 Å². The summed E-state index contributed by atoms with van der Waals surface area (Å²) in [6.45, 7) is 2.34. The number of alkyl halides is 6. The van der Waals surface area contributed by atoms with E-state index in [1.54, 1.807) is 0 Å². The third kappa shape index (κ3) is 16.6. The molecule has 0 saturated carbocycles. The quantitative estimate of drug-likeness (QED) is 0.0188. The molecular formula is C37H47F6N13O4S2. The maximum absolute atomic E-state index is 14.2. The summed E-state index contributed by atoms with van der Waals surface area (Å²) in [6, 6.07) is 3.56. The fourth-order valence-corrected chi connectivity index (χ4v) is 7.19. The Balaban J connectivity index is 2.04. The number of hydrogen-bond acceptors (Lipinski definition) is 11. The smallest absolute Gasteiger partial charge is 0.370 e. The molecule has 3 rings (SSSR count). The average Bonchev–Trinajstić information content (AvgIpc) is 3.18. The Hall–Kier alpha value is -5.82. The number of guanidine groups is 2. The van der Waals surface area contributed by atoms with Gasteiger partial charge in [0.25, 0.3) is 11.8 Å². The molecule has 17 nitrogen and oxygen atoms in total. The van der Waals surface area contributed by atoms with Gasteiger partial charge >= 0.3 is 12.4 Å². The molecule has 1 aromatic heterocycles. The van der Waals surface area contributed by atoms with Crippen molar-refractivity contribution >= 4 is 81.8 Å². The normalized spacial score (nSPS) is 11.4. The number of thioether (sulfide) groups is 2. The van der Waals surface area contributed by atoms with Crippen LogP contribution < -0.4 is 49.1 Å². The van der Waals surface area contributed by atoms with Gasteiger partial charge in [-0.1, -0.05) is 19.8 Å². The van der Waals surface area contributed by atoms with Crippen LogP contribution in [0.5, 0.6) is 0 Å². The van der Waals surface area contributed by atoms with Crippen LogP contribution in [0.1, 0.15) is 84.0 Å². The fraction of sp³-hybridized carbons (Fsp3) is 0.405. The minimum Gasteiger partial charge on any atom is -0.370 e. The number of halogens is 6. The summed E-state index contributed by atoms with van der Waals surface area (Å²) in [5.74, 6) is -4.01. The van der Waals surface area contributed by atoms with Gasteiger partial charge in [-0.25, -0.2) is 9.97 Å². The van der Waals surface area contributed by atoms with Crippen LogP contribution in [0.25, 0.3) is 0 Å². The highest BCUT2D eigenvalue weighted by Gasteiger charge is 2.34. The summed E-state index contributed by atoms with van der Waals surface area (Å²) < 4.78 is 85.0. The molecular weight excluding hydrogens is 869 g/mol. The number of amides is 4. The second-order valence-electron chi connectivity index (χ2n) is 13.2. The van der Waals surface area contributed by atoms with Gasteiger partial charge in [0.05, 0.1) is 43.7 Å². The zero-order valence-corrected chi connectivity index (χ0v) is 34.9. The monoisotopic (exact) mass is 915 g/mol. The number of anilines is 4. The molecule has 0 aliphatic carbocycles. The second-order valence-corrected chi connectivity index (χ2v) is 15.4. The molecule has 0 unspecified atom stereocenters. The van der Waals surface area contributed by atoms with Gasteiger partial charge in [0, 0.05) is 43.5 Å². The Morgan fingerprint density at radius 3 is 1.37 bits per heavy atom. The van der Waals surface area contributed by atoms with E-state index in [-0.39, 0.29) is 77.1 Å². The fourth-order valence-electron chi connectivity index (χ4n) is 5.31. The van der Waals surface area contributed by atoms with E-state index in [4.69, 9.17) is 28.0 Å². The summed E-state index contributed by atoms with van der Waals surface area (Å²) in [5, 5.41) is 29.5. The summed E-state index contributed by atoms with van der Waals surface area (Å²) >= 11 is 1.85. The number of carbonyl (C=O) groups excluding carboxylic acids is 4. The van der Waals surface area contributed by atoms with Crippen LogP contribution in [0.3, 0.4) is 0 Å². The number of nitrogens with one attached hydrogen (secondary N) is 8. The molecule has 0 aliphatic heterocycles. The third-order valence-corrected chi connectivity index (χ3v) is 10.5.